The Hall–Kier alpha value is -2.18. The Bertz CT molecular complexity index is 741. The van der Waals surface area contributed by atoms with Crippen molar-refractivity contribution in [3.63, 3.8) is 0 Å². The van der Waals surface area contributed by atoms with Crippen LogP contribution < -0.4 is 0 Å². The molecule has 2 aromatic rings. The van der Waals surface area contributed by atoms with E-state index in [1.165, 1.54) is 12.1 Å². The highest BCUT2D eigenvalue weighted by molar-refractivity contribution is 5.75. The average Bonchev–Trinajstić information content (AvgIpc) is 2.84. The monoisotopic (exact) mass is 330 g/mol. The first kappa shape index (κ1) is 17.2. The van der Waals surface area contributed by atoms with E-state index in [-0.39, 0.29) is 11.3 Å². The third-order valence-corrected chi connectivity index (χ3v) is 3.62. The minimum Gasteiger partial charge on any atom is -0.282 e. The fourth-order valence-electron chi connectivity index (χ4n) is 2.04. The number of hydrogen-bond acceptors (Lipinski definition) is 1. The zero-order valence-electron chi connectivity index (χ0n) is 12.7. The molecule has 1 aromatic carbocycles. The molecular formula is C16H15F5N2. The molecule has 0 aliphatic carbocycles. The van der Waals surface area contributed by atoms with E-state index in [9.17, 15) is 22.0 Å². The molecule has 2 nitrogen and oxygen atoms in total. The molecule has 0 saturated carbocycles. The molecule has 1 N–H and O–H groups in total. The van der Waals surface area contributed by atoms with Crippen molar-refractivity contribution in [3.8, 4) is 0 Å². The fraction of sp³-hybridized carbons (Fsp3) is 0.312. The van der Waals surface area contributed by atoms with Gasteiger partial charge in [-0.05, 0) is 44.5 Å². The van der Waals surface area contributed by atoms with Crippen LogP contribution in [0.2, 0.25) is 0 Å². The predicted octanol–water partition coefficient (Wildman–Crippen LogP) is 5.16. The summed E-state index contributed by atoms with van der Waals surface area (Å²) in [5.41, 5.74) is -2.02. The lowest BCUT2D eigenvalue weighted by Crippen LogP contribution is -2.37. The first-order chi connectivity index (χ1) is 10.5. The molecule has 0 aliphatic heterocycles. The lowest BCUT2D eigenvalue weighted by molar-refractivity contribution is -0.180. The van der Waals surface area contributed by atoms with Crippen molar-refractivity contribution >= 4 is 11.9 Å². The Morgan fingerprint density at radius 2 is 1.83 bits per heavy atom. The van der Waals surface area contributed by atoms with Crippen molar-refractivity contribution < 1.29 is 22.0 Å². The largest absolute Gasteiger partial charge is 0.398 e. The lowest BCUT2D eigenvalue weighted by Gasteiger charge is -2.28. The van der Waals surface area contributed by atoms with E-state index in [4.69, 9.17) is 0 Å². The summed E-state index contributed by atoms with van der Waals surface area (Å²) in [6.45, 7) is 3.49. The number of H-pyrrole nitrogens is 1. The summed E-state index contributed by atoms with van der Waals surface area (Å²) in [6, 6.07) is 4.61. The van der Waals surface area contributed by atoms with Gasteiger partial charge < -0.3 is 0 Å². The molecule has 0 spiro atoms. The van der Waals surface area contributed by atoms with Crippen LogP contribution in [0.5, 0.6) is 0 Å². The molecule has 124 valence electrons. The number of alkyl halides is 3. The summed E-state index contributed by atoms with van der Waals surface area (Å²) < 4.78 is 67.0. The molecule has 7 heteroatoms. The number of benzene rings is 1. The summed E-state index contributed by atoms with van der Waals surface area (Å²) in [5, 5.41) is 6.28. The summed E-state index contributed by atoms with van der Waals surface area (Å²) in [5.74, 6) is -1.75. The van der Waals surface area contributed by atoms with E-state index in [0.717, 1.165) is 32.1 Å². The third-order valence-electron chi connectivity index (χ3n) is 3.62. The number of hydrogen-bond donors (Lipinski definition) is 1. The molecule has 0 unspecified atom stereocenters. The Labute approximate surface area is 130 Å². The van der Waals surface area contributed by atoms with Crippen molar-refractivity contribution in [2.24, 2.45) is 0 Å². The van der Waals surface area contributed by atoms with Gasteiger partial charge in [-0.2, -0.15) is 18.3 Å². The van der Waals surface area contributed by atoms with Gasteiger partial charge in [0.2, 0.25) is 0 Å². The maximum Gasteiger partial charge on any atom is 0.398 e. The average molecular weight is 330 g/mol. The van der Waals surface area contributed by atoms with Crippen LogP contribution in [0, 0.1) is 12.7 Å². The van der Waals surface area contributed by atoms with Gasteiger partial charge in [-0.25, -0.2) is 8.78 Å². The Balaban J connectivity index is 2.37. The van der Waals surface area contributed by atoms with Gasteiger partial charge in [0.05, 0.1) is 5.41 Å². The molecule has 1 heterocycles. The maximum atomic E-state index is 14.1. The van der Waals surface area contributed by atoms with E-state index >= 15 is 0 Å². The maximum absolute atomic E-state index is 14.1. The Morgan fingerprint density at radius 3 is 2.30 bits per heavy atom. The van der Waals surface area contributed by atoms with Gasteiger partial charge in [-0.15, -0.1) is 0 Å². The van der Waals surface area contributed by atoms with Crippen LogP contribution in [0.3, 0.4) is 0 Å². The SMILES string of the molecule is Cc1cc(C(F)=Cc2ccc(C(C)(C)C(F)(F)F)c(F)c2)n[nH]1. The number of rotatable bonds is 3. The van der Waals surface area contributed by atoms with Gasteiger partial charge in [0, 0.05) is 11.3 Å². The van der Waals surface area contributed by atoms with Crippen LogP contribution in [0.1, 0.15) is 36.4 Å². The Kier molecular flexibility index (Phi) is 4.32. The molecule has 1 aromatic heterocycles. The van der Waals surface area contributed by atoms with E-state index in [2.05, 4.69) is 10.2 Å². The first-order valence-corrected chi connectivity index (χ1v) is 6.78. The van der Waals surface area contributed by atoms with Gasteiger partial charge in [0.15, 0.2) is 5.83 Å². The van der Waals surface area contributed by atoms with Crippen molar-refractivity contribution in [1.29, 1.82) is 0 Å². The smallest absolute Gasteiger partial charge is 0.282 e. The predicted molar refractivity (Wildman–Crippen MR) is 77.8 cm³/mol. The second-order valence-electron chi connectivity index (χ2n) is 5.79. The van der Waals surface area contributed by atoms with Crippen LogP contribution >= 0.6 is 0 Å². The number of aromatic amines is 1. The van der Waals surface area contributed by atoms with Gasteiger partial charge >= 0.3 is 6.18 Å². The van der Waals surface area contributed by atoms with Crippen LogP contribution in [0.4, 0.5) is 22.0 Å². The Morgan fingerprint density at radius 1 is 1.17 bits per heavy atom. The fourth-order valence-corrected chi connectivity index (χ4v) is 2.04. The molecule has 0 amide bonds. The first-order valence-electron chi connectivity index (χ1n) is 6.78. The highest BCUT2D eigenvalue weighted by Crippen LogP contribution is 2.41. The van der Waals surface area contributed by atoms with Crippen LogP contribution in [0.15, 0.2) is 24.3 Å². The topological polar surface area (TPSA) is 28.7 Å². The minimum absolute atomic E-state index is 0.0441. The van der Waals surface area contributed by atoms with Crippen LogP contribution in [0.25, 0.3) is 11.9 Å². The van der Waals surface area contributed by atoms with Gasteiger partial charge in [0.1, 0.15) is 11.5 Å². The summed E-state index contributed by atoms with van der Waals surface area (Å²) in [4.78, 5) is 0. The van der Waals surface area contributed by atoms with E-state index < -0.39 is 28.8 Å². The van der Waals surface area contributed by atoms with Crippen LogP contribution in [-0.4, -0.2) is 16.4 Å². The number of nitrogens with one attached hydrogen (secondary N) is 1. The zero-order valence-corrected chi connectivity index (χ0v) is 12.7. The molecule has 0 bridgehead atoms. The molecule has 0 saturated heterocycles. The highest BCUT2D eigenvalue weighted by atomic mass is 19.4. The lowest BCUT2D eigenvalue weighted by atomic mass is 9.83. The van der Waals surface area contributed by atoms with E-state index in [1.54, 1.807) is 6.92 Å². The standard InChI is InChI=1S/C16H15F5N2/c1-9-6-14(23-22-9)13(18)8-10-4-5-11(12(17)7-10)15(2,3)16(19,20)21/h4-8H,1-3H3,(H,22,23). The quantitative estimate of drug-likeness (QED) is 0.773. The van der Waals surface area contributed by atoms with Crippen molar-refractivity contribution in [1.82, 2.24) is 10.2 Å². The number of nitrogens with zero attached hydrogens (tertiary/aromatic N) is 1. The summed E-state index contributed by atoms with van der Waals surface area (Å²) >= 11 is 0. The van der Waals surface area contributed by atoms with Gasteiger partial charge in [-0.3, -0.25) is 5.10 Å². The molecular weight excluding hydrogens is 315 g/mol. The molecule has 0 aliphatic rings. The minimum atomic E-state index is -4.59. The molecule has 2 rings (SSSR count). The second-order valence-corrected chi connectivity index (χ2v) is 5.79. The van der Waals surface area contributed by atoms with Crippen molar-refractivity contribution in [2.75, 3.05) is 0 Å². The zero-order chi connectivity index (χ0) is 17.4. The van der Waals surface area contributed by atoms with Crippen molar-refractivity contribution in [2.45, 2.75) is 32.4 Å². The van der Waals surface area contributed by atoms with E-state index in [0.29, 0.717) is 5.69 Å². The summed E-state index contributed by atoms with van der Waals surface area (Å²) in [6.07, 6.45) is -3.58. The summed E-state index contributed by atoms with van der Waals surface area (Å²) in [7, 11) is 0. The van der Waals surface area contributed by atoms with Crippen molar-refractivity contribution in [3.05, 3.63) is 52.6 Å². The second kappa shape index (κ2) is 5.79. The third kappa shape index (κ3) is 3.43. The molecule has 0 radical (unpaired) electrons. The molecule has 23 heavy (non-hydrogen) atoms. The number of aromatic nitrogens is 2. The van der Waals surface area contributed by atoms with Crippen LogP contribution in [-0.2, 0) is 5.41 Å². The van der Waals surface area contributed by atoms with Gasteiger partial charge in [-0.1, -0.05) is 12.1 Å². The number of halogens is 5. The molecule has 0 fully saturated rings. The van der Waals surface area contributed by atoms with Gasteiger partial charge in [0.25, 0.3) is 0 Å². The molecule has 0 atom stereocenters. The number of aryl methyl sites for hydroxylation is 1. The highest BCUT2D eigenvalue weighted by Gasteiger charge is 2.49. The normalized spacial score (nSPS) is 13.5. The van der Waals surface area contributed by atoms with E-state index in [1.807, 2.05) is 0 Å².